The fraction of sp³-hybridized carbons (Fsp3) is 0.367. The number of carboxylic acids is 1. The van der Waals surface area contributed by atoms with Crippen molar-refractivity contribution in [2.24, 2.45) is 11.8 Å². The van der Waals surface area contributed by atoms with Gasteiger partial charge in [-0.3, -0.25) is 14.7 Å². The minimum absolute atomic E-state index is 0.0442. The molecule has 0 unspecified atom stereocenters. The minimum Gasteiger partial charge on any atom is -0.497 e. The number of aromatic nitrogens is 1. The second kappa shape index (κ2) is 12.5. The largest absolute Gasteiger partial charge is 0.497 e. The molecule has 1 aliphatic rings. The van der Waals surface area contributed by atoms with Gasteiger partial charge in [-0.15, -0.1) is 0 Å². The monoisotopic (exact) mass is 515 g/mol. The summed E-state index contributed by atoms with van der Waals surface area (Å²) in [6.45, 7) is 1.72. The number of hydrogen-bond donors (Lipinski definition) is 2. The fourth-order valence-corrected chi connectivity index (χ4v) is 5.22. The van der Waals surface area contributed by atoms with Gasteiger partial charge in [0, 0.05) is 30.1 Å². The van der Waals surface area contributed by atoms with Crippen molar-refractivity contribution < 1.29 is 24.1 Å². The summed E-state index contributed by atoms with van der Waals surface area (Å²) in [6.07, 6.45) is 3.02. The van der Waals surface area contributed by atoms with Gasteiger partial charge in [0.15, 0.2) is 0 Å². The van der Waals surface area contributed by atoms with E-state index >= 15 is 0 Å². The fourth-order valence-electron chi connectivity index (χ4n) is 5.22. The molecule has 1 aliphatic heterocycles. The Bertz CT molecular complexity index is 1410. The molecule has 1 aromatic heterocycles. The van der Waals surface area contributed by atoms with Crippen LogP contribution in [0.15, 0.2) is 48.7 Å². The molecule has 2 N–H and O–H groups in total. The van der Waals surface area contributed by atoms with E-state index in [2.05, 4.69) is 21.7 Å². The second-order valence-corrected chi connectivity index (χ2v) is 9.59. The van der Waals surface area contributed by atoms with E-state index in [1.165, 1.54) is 12.1 Å². The number of ether oxygens (including phenoxy) is 1. The Morgan fingerprint density at radius 1 is 1.29 bits per heavy atom. The van der Waals surface area contributed by atoms with Crippen molar-refractivity contribution in [2.45, 2.75) is 31.8 Å². The van der Waals surface area contributed by atoms with E-state index < -0.39 is 17.9 Å². The smallest absolute Gasteiger partial charge is 0.303 e. The number of rotatable bonds is 8. The lowest BCUT2D eigenvalue weighted by atomic mass is 9.79. The Morgan fingerprint density at radius 3 is 2.89 bits per heavy atom. The van der Waals surface area contributed by atoms with Gasteiger partial charge < -0.3 is 14.9 Å². The molecule has 2 heterocycles. The van der Waals surface area contributed by atoms with Crippen LogP contribution in [0.5, 0.6) is 5.75 Å². The maximum atomic E-state index is 13.8. The Morgan fingerprint density at radius 2 is 2.13 bits per heavy atom. The molecule has 8 heteroatoms. The van der Waals surface area contributed by atoms with E-state index in [0.717, 1.165) is 29.4 Å². The highest BCUT2D eigenvalue weighted by atomic mass is 19.1. The van der Waals surface area contributed by atoms with Crippen LogP contribution in [0.3, 0.4) is 0 Å². The van der Waals surface area contributed by atoms with Gasteiger partial charge in [-0.1, -0.05) is 17.9 Å². The van der Waals surface area contributed by atoms with Gasteiger partial charge in [0.1, 0.15) is 23.2 Å². The maximum Gasteiger partial charge on any atom is 0.303 e. The van der Waals surface area contributed by atoms with Gasteiger partial charge in [0.2, 0.25) is 0 Å². The van der Waals surface area contributed by atoms with Crippen molar-refractivity contribution in [1.82, 2.24) is 9.88 Å². The lowest BCUT2D eigenvalue weighted by Gasteiger charge is -2.37. The molecule has 1 saturated heterocycles. The molecule has 0 bridgehead atoms. The SMILES string of the molecule is COc1ccc2nccc([C@H](O)CC[C@@H]3CCN(CC#Cc4cccc(F)c4C#N)C[C@@H]3CC(=O)O)c2c1. The number of fused-ring (bicyclic) bond motifs is 1. The van der Waals surface area contributed by atoms with E-state index in [9.17, 15) is 24.7 Å². The summed E-state index contributed by atoms with van der Waals surface area (Å²) in [5.74, 6) is 5.22. The topological polar surface area (TPSA) is 107 Å². The molecule has 3 aromatic rings. The second-order valence-electron chi connectivity index (χ2n) is 9.59. The number of halogens is 1. The molecule has 196 valence electrons. The van der Waals surface area contributed by atoms with Gasteiger partial charge in [-0.25, -0.2) is 4.39 Å². The zero-order chi connectivity index (χ0) is 27.1. The van der Waals surface area contributed by atoms with Gasteiger partial charge in [-0.2, -0.15) is 5.26 Å². The van der Waals surface area contributed by atoms with Gasteiger partial charge in [0.05, 0.1) is 25.3 Å². The molecular formula is C30H30FN3O4. The number of carbonyl (C=O) groups is 1. The van der Waals surface area contributed by atoms with Crippen molar-refractivity contribution >= 4 is 16.9 Å². The van der Waals surface area contributed by atoms with Crippen molar-refractivity contribution in [3.8, 4) is 23.7 Å². The number of benzene rings is 2. The van der Waals surface area contributed by atoms with Gasteiger partial charge in [-0.05, 0) is 79.6 Å². The summed E-state index contributed by atoms with van der Waals surface area (Å²) in [7, 11) is 1.60. The molecule has 0 radical (unpaired) electrons. The predicted molar refractivity (Wildman–Crippen MR) is 141 cm³/mol. The Balaban J connectivity index is 1.40. The summed E-state index contributed by atoms with van der Waals surface area (Å²) in [5.41, 5.74) is 1.84. The first-order valence-electron chi connectivity index (χ1n) is 12.6. The van der Waals surface area contributed by atoms with Crippen LogP contribution in [0.25, 0.3) is 10.9 Å². The van der Waals surface area contributed by atoms with Crippen LogP contribution in [0.1, 0.15) is 48.5 Å². The number of nitrogens with zero attached hydrogens (tertiary/aromatic N) is 3. The van der Waals surface area contributed by atoms with Crippen molar-refractivity contribution in [3.05, 3.63) is 71.2 Å². The molecule has 0 saturated carbocycles. The molecule has 4 rings (SSSR count). The summed E-state index contributed by atoms with van der Waals surface area (Å²) in [4.78, 5) is 18.1. The first-order chi connectivity index (χ1) is 18.4. The van der Waals surface area contributed by atoms with Crippen LogP contribution >= 0.6 is 0 Å². The highest BCUT2D eigenvalue weighted by molar-refractivity contribution is 5.83. The zero-order valence-corrected chi connectivity index (χ0v) is 21.2. The molecule has 0 amide bonds. The Labute approximate surface area is 221 Å². The van der Waals surface area contributed by atoms with Crippen LogP contribution in [-0.4, -0.2) is 52.8 Å². The van der Waals surface area contributed by atoms with E-state index in [1.807, 2.05) is 30.3 Å². The highest BCUT2D eigenvalue weighted by Crippen LogP contribution is 2.34. The third-order valence-electron chi connectivity index (χ3n) is 7.22. The lowest BCUT2D eigenvalue weighted by molar-refractivity contribution is -0.139. The maximum absolute atomic E-state index is 13.8. The van der Waals surface area contributed by atoms with Crippen molar-refractivity contribution in [1.29, 1.82) is 5.26 Å². The molecule has 7 nitrogen and oxygen atoms in total. The third-order valence-corrected chi connectivity index (χ3v) is 7.22. The van der Waals surface area contributed by atoms with Crippen LogP contribution in [0, 0.1) is 40.8 Å². The predicted octanol–water partition coefficient (Wildman–Crippen LogP) is 4.53. The number of carboxylic acid groups (broad SMARTS) is 1. The lowest BCUT2D eigenvalue weighted by Crippen LogP contribution is -2.41. The number of aliphatic carboxylic acids is 1. The van der Waals surface area contributed by atoms with Gasteiger partial charge in [0.25, 0.3) is 0 Å². The summed E-state index contributed by atoms with van der Waals surface area (Å²) in [5, 5.41) is 30.6. The number of aliphatic hydroxyl groups excluding tert-OH is 1. The number of methoxy groups -OCH3 is 1. The van der Waals surface area contributed by atoms with E-state index in [-0.39, 0.29) is 23.8 Å². The number of aliphatic hydroxyl groups is 1. The van der Waals surface area contributed by atoms with Crippen LogP contribution in [0.2, 0.25) is 0 Å². The molecule has 0 spiro atoms. The molecule has 2 aromatic carbocycles. The van der Waals surface area contributed by atoms with Crippen LogP contribution < -0.4 is 4.74 Å². The normalized spacial score (nSPS) is 18.3. The average molecular weight is 516 g/mol. The zero-order valence-electron chi connectivity index (χ0n) is 21.2. The van der Waals surface area contributed by atoms with Crippen molar-refractivity contribution in [2.75, 3.05) is 26.7 Å². The van der Waals surface area contributed by atoms with E-state index in [1.54, 1.807) is 19.4 Å². The Hall–Kier alpha value is -3.98. The Kier molecular flexibility index (Phi) is 8.91. The molecule has 38 heavy (non-hydrogen) atoms. The molecule has 1 fully saturated rings. The van der Waals surface area contributed by atoms with Crippen LogP contribution in [-0.2, 0) is 4.79 Å². The first kappa shape index (κ1) is 27.1. The highest BCUT2D eigenvalue weighted by Gasteiger charge is 2.31. The number of likely N-dealkylation sites (tertiary alicyclic amines) is 1. The van der Waals surface area contributed by atoms with Gasteiger partial charge >= 0.3 is 5.97 Å². The number of pyridine rings is 1. The number of hydrogen-bond acceptors (Lipinski definition) is 6. The summed E-state index contributed by atoms with van der Waals surface area (Å²) < 4.78 is 19.1. The molecule has 3 atom stereocenters. The standard InChI is InChI=1S/C30H30FN3O4/c1-38-23-8-9-28-25(17-23)24(11-13-33-28)29(35)10-7-20-12-15-34(19-22(20)16-30(36)37)14-3-5-21-4-2-6-27(31)26(21)18-32/h2,4,6,8-9,11,13,17,20,22,29,35H,7,10,12,14-16,19H2,1H3,(H,36,37)/t20-,22+,29-/m1/s1. The summed E-state index contributed by atoms with van der Waals surface area (Å²) >= 11 is 0. The number of piperidine rings is 1. The van der Waals surface area contributed by atoms with E-state index in [4.69, 9.17) is 4.74 Å². The minimum atomic E-state index is -0.848. The van der Waals surface area contributed by atoms with E-state index in [0.29, 0.717) is 37.2 Å². The van der Waals surface area contributed by atoms with Crippen LogP contribution in [0.4, 0.5) is 4.39 Å². The van der Waals surface area contributed by atoms with Crippen molar-refractivity contribution in [3.63, 3.8) is 0 Å². The number of nitriles is 1. The molecule has 0 aliphatic carbocycles. The third kappa shape index (κ3) is 6.47. The molecular weight excluding hydrogens is 485 g/mol. The quantitative estimate of drug-likeness (QED) is 0.425. The first-order valence-corrected chi connectivity index (χ1v) is 12.6. The average Bonchev–Trinajstić information content (AvgIpc) is 2.91. The summed E-state index contributed by atoms with van der Waals surface area (Å²) in [6, 6.07) is 13.6.